The Kier molecular flexibility index (Phi) is 8.83. The van der Waals surface area contributed by atoms with E-state index in [9.17, 15) is 0 Å². The van der Waals surface area contributed by atoms with Crippen LogP contribution in [0.5, 0.6) is 0 Å². The summed E-state index contributed by atoms with van der Waals surface area (Å²) in [5.41, 5.74) is 18.0. The second-order valence-corrected chi connectivity index (χ2v) is 16.0. The molecule has 0 aliphatic heterocycles. The van der Waals surface area contributed by atoms with E-state index in [1.807, 2.05) is 24.3 Å². The van der Waals surface area contributed by atoms with E-state index in [1.54, 1.807) is 0 Å². The number of furan rings is 2. The lowest BCUT2D eigenvalue weighted by atomic mass is 9.88. The molecule has 63 heavy (non-hydrogen) atoms. The summed E-state index contributed by atoms with van der Waals surface area (Å²) in [5.74, 6) is 0. The number of anilines is 3. The molecule has 0 spiro atoms. The van der Waals surface area contributed by atoms with Crippen LogP contribution < -0.4 is 4.90 Å². The highest BCUT2D eigenvalue weighted by molar-refractivity contribution is 6.11. The van der Waals surface area contributed by atoms with Gasteiger partial charge in [-0.1, -0.05) is 194 Å². The van der Waals surface area contributed by atoms with Gasteiger partial charge in [0.1, 0.15) is 22.3 Å². The highest BCUT2D eigenvalue weighted by atomic mass is 16.3. The zero-order valence-electron chi connectivity index (χ0n) is 34.3. The maximum absolute atomic E-state index is 6.57. The molecule has 0 radical (unpaired) electrons. The fourth-order valence-corrected chi connectivity index (χ4v) is 9.42. The first-order chi connectivity index (χ1) is 31.3. The van der Waals surface area contributed by atoms with Gasteiger partial charge in [-0.25, -0.2) is 0 Å². The molecule has 0 amide bonds. The summed E-state index contributed by atoms with van der Waals surface area (Å²) in [6.07, 6.45) is 0. The van der Waals surface area contributed by atoms with Crippen LogP contribution in [-0.4, -0.2) is 0 Å². The molecule has 2 heterocycles. The molecule has 2 aromatic heterocycles. The normalized spacial score (nSPS) is 11.5. The smallest absolute Gasteiger partial charge is 0.143 e. The summed E-state index contributed by atoms with van der Waals surface area (Å²) >= 11 is 0. The molecule has 0 aliphatic carbocycles. The molecule has 0 saturated heterocycles. The van der Waals surface area contributed by atoms with Crippen molar-refractivity contribution in [2.75, 3.05) is 4.90 Å². The fourth-order valence-electron chi connectivity index (χ4n) is 9.42. The Bertz CT molecular complexity index is 3630. The van der Waals surface area contributed by atoms with E-state index in [4.69, 9.17) is 8.83 Å². The van der Waals surface area contributed by atoms with Crippen LogP contribution >= 0.6 is 0 Å². The number of fused-ring (bicyclic) bond motifs is 6. The van der Waals surface area contributed by atoms with E-state index >= 15 is 0 Å². The Labute approximate surface area is 365 Å². The van der Waals surface area contributed by atoms with Gasteiger partial charge in [-0.05, 0) is 81.4 Å². The largest absolute Gasteiger partial charge is 0.455 e. The number of hydrogen-bond donors (Lipinski definition) is 0. The van der Waals surface area contributed by atoms with Crippen molar-refractivity contribution in [3.05, 3.63) is 237 Å². The van der Waals surface area contributed by atoms with Crippen molar-refractivity contribution < 1.29 is 8.83 Å². The van der Waals surface area contributed by atoms with Gasteiger partial charge in [0.05, 0.1) is 5.69 Å². The Morgan fingerprint density at radius 1 is 0.254 bits per heavy atom. The maximum Gasteiger partial charge on any atom is 0.143 e. The van der Waals surface area contributed by atoms with Gasteiger partial charge < -0.3 is 13.7 Å². The molecule has 12 aromatic rings. The summed E-state index contributed by atoms with van der Waals surface area (Å²) in [7, 11) is 0. The Morgan fingerprint density at radius 2 is 0.683 bits per heavy atom. The predicted octanol–water partition coefficient (Wildman–Crippen LogP) is 17.3. The highest BCUT2D eigenvalue weighted by Gasteiger charge is 2.22. The van der Waals surface area contributed by atoms with Gasteiger partial charge in [0.15, 0.2) is 0 Å². The molecule has 296 valence electrons. The van der Waals surface area contributed by atoms with Gasteiger partial charge >= 0.3 is 0 Å². The Hall–Kier alpha value is -8.40. The molecule has 10 aromatic carbocycles. The molecule has 12 rings (SSSR count). The third kappa shape index (κ3) is 6.29. The van der Waals surface area contributed by atoms with E-state index in [-0.39, 0.29) is 0 Å². The van der Waals surface area contributed by atoms with Gasteiger partial charge in [-0.3, -0.25) is 0 Å². The third-order valence-corrected chi connectivity index (χ3v) is 12.3. The molecule has 0 atom stereocenters. The maximum atomic E-state index is 6.57. The molecule has 0 fully saturated rings. The minimum atomic E-state index is 0.887. The lowest BCUT2D eigenvalue weighted by Gasteiger charge is -2.29. The fraction of sp³-hybridized carbons (Fsp3) is 0. The van der Waals surface area contributed by atoms with Crippen molar-refractivity contribution in [2.45, 2.75) is 0 Å². The van der Waals surface area contributed by atoms with Gasteiger partial charge in [-0.15, -0.1) is 0 Å². The summed E-state index contributed by atoms with van der Waals surface area (Å²) in [6.45, 7) is 0. The summed E-state index contributed by atoms with van der Waals surface area (Å²) < 4.78 is 13.1. The molecule has 0 unspecified atom stereocenters. The van der Waals surface area contributed by atoms with E-state index in [0.717, 1.165) is 94.3 Å². The van der Waals surface area contributed by atoms with Crippen molar-refractivity contribution >= 4 is 60.9 Å². The van der Waals surface area contributed by atoms with Crippen LogP contribution in [0.2, 0.25) is 0 Å². The van der Waals surface area contributed by atoms with Crippen molar-refractivity contribution in [2.24, 2.45) is 0 Å². The molecule has 0 aliphatic rings. The molecule has 0 saturated carbocycles. The van der Waals surface area contributed by atoms with Gasteiger partial charge in [0, 0.05) is 49.6 Å². The standard InChI is InChI=1S/C60H39NO2/c1-2-17-40(18-3-1)45-21-4-5-22-48(45)49-23-6-7-24-50(49)51-25-8-11-32-56(51)61(43-37-35-41(36-38-43)46-28-15-30-54-52-26-9-12-33-57(52)62-59(46)54)44-20-14-19-42(39-44)47-29-16-31-55-53-27-10-13-34-58(53)63-60(47)55/h1-39H. The lowest BCUT2D eigenvalue weighted by molar-refractivity contribution is 0.669. The Morgan fingerprint density at radius 3 is 1.33 bits per heavy atom. The summed E-state index contributed by atoms with van der Waals surface area (Å²) in [4.78, 5) is 2.39. The van der Waals surface area contributed by atoms with Gasteiger partial charge in [-0.2, -0.15) is 0 Å². The number of rotatable bonds is 8. The number of benzene rings is 10. The van der Waals surface area contributed by atoms with E-state index in [1.165, 1.54) is 22.3 Å². The monoisotopic (exact) mass is 805 g/mol. The highest BCUT2D eigenvalue weighted by Crippen LogP contribution is 2.47. The van der Waals surface area contributed by atoms with E-state index in [2.05, 4.69) is 217 Å². The van der Waals surface area contributed by atoms with Crippen LogP contribution in [0.3, 0.4) is 0 Å². The lowest BCUT2D eigenvalue weighted by Crippen LogP contribution is -2.11. The van der Waals surface area contributed by atoms with Crippen LogP contribution in [0.25, 0.3) is 99.5 Å². The first-order valence-corrected chi connectivity index (χ1v) is 21.4. The minimum Gasteiger partial charge on any atom is -0.455 e. The van der Waals surface area contributed by atoms with Crippen molar-refractivity contribution in [1.82, 2.24) is 0 Å². The van der Waals surface area contributed by atoms with Crippen molar-refractivity contribution in [3.63, 3.8) is 0 Å². The molecule has 3 heteroatoms. The van der Waals surface area contributed by atoms with Gasteiger partial charge in [0.2, 0.25) is 0 Å². The average molecular weight is 806 g/mol. The summed E-state index contributed by atoms with van der Waals surface area (Å²) in [6, 6.07) is 84.1. The SMILES string of the molecule is c1ccc(-c2ccccc2-c2ccccc2-c2ccccc2N(c2ccc(-c3cccc4c3oc3ccccc34)cc2)c2cccc(-c3cccc4c3oc3ccccc34)c2)cc1. The quantitative estimate of drug-likeness (QED) is 0.153. The van der Waals surface area contributed by atoms with Crippen LogP contribution in [0.4, 0.5) is 17.1 Å². The zero-order valence-corrected chi connectivity index (χ0v) is 34.3. The number of para-hydroxylation sites is 5. The summed E-state index contributed by atoms with van der Waals surface area (Å²) in [5, 5.41) is 4.47. The second-order valence-electron chi connectivity index (χ2n) is 16.0. The molecule has 3 nitrogen and oxygen atoms in total. The predicted molar refractivity (Wildman–Crippen MR) is 263 cm³/mol. The van der Waals surface area contributed by atoms with Crippen LogP contribution in [0, 0.1) is 0 Å². The van der Waals surface area contributed by atoms with E-state index in [0.29, 0.717) is 0 Å². The first-order valence-electron chi connectivity index (χ1n) is 21.4. The zero-order chi connectivity index (χ0) is 41.7. The van der Waals surface area contributed by atoms with Crippen molar-refractivity contribution in [1.29, 1.82) is 0 Å². The molecular weight excluding hydrogens is 767 g/mol. The Balaban J connectivity index is 1.04. The van der Waals surface area contributed by atoms with Crippen LogP contribution in [0.15, 0.2) is 245 Å². The van der Waals surface area contributed by atoms with E-state index < -0.39 is 0 Å². The third-order valence-electron chi connectivity index (χ3n) is 12.3. The molecular formula is C60H39NO2. The minimum absolute atomic E-state index is 0.887. The van der Waals surface area contributed by atoms with Crippen molar-refractivity contribution in [3.8, 4) is 55.6 Å². The average Bonchev–Trinajstić information content (AvgIpc) is 3.94. The van der Waals surface area contributed by atoms with Crippen LogP contribution in [-0.2, 0) is 0 Å². The number of nitrogens with zero attached hydrogens (tertiary/aromatic N) is 1. The number of hydrogen-bond acceptors (Lipinski definition) is 3. The molecule has 0 N–H and O–H groups in total. The topological polar surface area (TPSA) is 29.5 Å². The second kappa shape index (κ2) is 15.3. The first kappa shape index (κ1) is 36.5. The molecule has 0 bridgehead atoms. The van der Waals surface area contributed by atoms with Gasteiger partial charge in [0.25, 0.3) is 0 Å². The van der Waals surface area contributed by atoms with Crippen LogP contribution in [0.1, 0.15) is 0 Å².